The number of pyridine rings is 1. The van der Waals surface area contributed by atoms with Crippen molar-refractivity contribution < 1.29 is 0 Å². The highest BCUT2D eigenvalue weighted by Crippen LogP contribution is 2.11. The summed E-state index contributed by atoms with van der Waals surface area (Å²) in [5, 5.41) is 3.45. The highest BCUT2D eigenvalue weighted by atomic mass is 15.1. The second-order valence-corrected chi connectivity index (χ2v) is 3.66. The molecule has 0 aliphatic carbocycles. The van der Waals surface area contributed by atoms with E-state index in [-0.39, 0.29) is 0 Å². The van der Waals surface area contributed by atoms with E-state index in [1.807, 2.05) is 18.5 Å². The predicted molar refractivity (Wildman–Crippen MR) is 59.2 cm³/mol. The van der Waals surface area contributed by atoms with Crippen molar-refractivity contribution in [3.8, 4) is 0 Å². The van der Waals surface area contributed by atoms with Gasteiger partial charge in [-0.25, -0.2) is 0 Å². The van der Waals surface area contributed by atoms with Crippen LogP contribution in [0, 0.1) is 0 Å². The van der Waals surface area contributed by atoms with E-state index >= 15 is 0 Å². The second-order valence-electron chi connectivity index (χ2n) is 3.66. The molecule has 0 saturated carbocycles. The Kier molecular flexibility index (Phi) is 4.56. The average Bonchev–Trinajstić information content (AvgIpc) is 2.18. The molecule has 0 fully saturated rings. The van der Waals surface area contributed by atoms with Gasteiger partial charge in [-0.05, 0) is 32.3 Å². The van der Waals surface area contributed by atoms with Crippen molar-refractivity contribution in [2.45, 2.75) is 13.0 Å². The van der Waals surface area contributed by atoms with Gasteiger partial charge in [-0.15, -0.1) is 0 Å². The molecule has 0 radical (unpaired) electrons. The normalized spacial score (nSPS) is 13.1. The molecule has 1 unspecified atom stereocenters. The fourth-order valence-electron chi connectivity index (χ4n) is 1.48. The lowest BCUT2D eigenvalue weighted by molar-refractivity contribution is 0.345. The Labute approximate surface area is 86.2 Å². The third kappa shape index (κ3) is 3.44. The van der Waals surface area contributed by atoms with E-state index in [1.54, 1.807) is 0 Å². The first-order valence-corrected chi connectivity index (χ1v) is 5.02. The Morgan fingerprint density at radius 2 is 2.29 bits per heavy atom. The maximum absolute atomic E-state index is 4.14. The van der Waals surface area contributed by atoms with Gasteiger partial charge in [-0.3, -0.25) is 4.98 Å². The fraction of sp³-hybridized carbons (Fsp3) is 0.545. The van der Waals surface area contributed by atoms with Crippen LogP contribution in [0.1, 0.15) is 18.5 Å². The first-order valence-electron chi connectivity index (χ1n) is 5.02. The van der Waals surface area contributed by atoms with Crippen molar-refractivity contribution in [2.75, 3.05) is 27.2 Å². The molecule has 1 aromatic rings. The summed E-state index contributed by atoms with van der Waals surface area (Å²) in [6, 6.07) is 4.47. The molecule has 1 aromatic heterocycles. The van der Waals surface area contributed by atoms with Gasteiger partial charge in [0.25, 0.3) is 0 Å². The standard InChI is InChI=1S/C11H19N3/c1-4-13-11(9-14(2)3)10-6-5-7-12-8-10/h5-8,11,13H,4,9H2,1-3H3. The monoisotopic (exact) mass is 193 g/mol. The Hall–Kier alpha value is -0.930. The number of hydrogen-bond acceptors (Lipinski definition) is 3. The van der Waals surface area contributed by atoms with Gasteiger partial charge < -0.3 is 10.2 Å². The van der Waals surface area contributed by atoms with Crippen LogP contribution in [0.3, 0.4) is 0 Å². The molecule has 0 aromatic carbocycles. The lowest BCUT2D eigenvalue weighted by Crippen LogP contribution is -2.31. The third-order valence-corrected chi connectivity index (χ3v) is 2.09. The van der Waals surface area contributed by atoms with E-state index in [0.717, 1.165) is 13.1 Å². The van der Waals surface area contributed by atoms with Gasteiger partial charge in [0.1, 0.15) is 0 Å². The molecular formula is C11H19N3. The third-order valence-electron chi connectivity index (χ3n) is 2.09. The van der Waals surface area contributed by atoms with Crippen LogP contribution in [-0.2, 0) is 0 Å². The van der Waals surface area contributed by atoms with Gasteiger partial charge in [0.15, 0.2) is 0 Å². The molecule has 0 aliphatic rings. The molecule has 1 rings (SSSR count). The molecule has 3 nitrogen and oxygen atoms in total. The van der Waals surface area contributed by atoms with Gasteiger partial charge in [0.2, 0.25) is 0 Å². The van der Waals surface area contributed by atoms with Crippen molar-refractivity contribution in [1.82, 2.24) is 15.2 Å². The molecule has 0 amide bonds. The van der Waals surface area contributed by atoms with Crippen LogP contribution in [0.25, 0.3) is 0 Å². The maximum Gasteiger partial charge on any atom is 0.0464 e. The topological polar surface area (TPSA) is 28.2 Å². The molecule has 14 heavy (non-hydrogen) atoms. The predicted octanol–water partition coefficient (Wildman–Crippen LogP) is 1.29. The molecule has 1 atom stereocenters. The summed E-state index contributed by atoms with van der Waals surface area (Å²) in [4.78, 5) is 6.32. The van der Waals surface area contributed by atoms with Crippen LogP contribution in [0.5, 0.6) is 0 Å². The summed E-state index contributed by atoms with van der Waals surface area (Å²) in [5.41, 5.74) is 1.25. The number of nitrogens with zero attached hydrogens (tertiary/aromatic N) is 2. The van der Waals surface area contributed by atoms with Crippen LogP contribution >= 0.6 is 0 Å². The van der Waals surface area contributed by atoms with Crippen molar-refractivity contribution in [3.05, 3.63) is 30.1 Å². The molecule has 0 saturated heterocycles. The van der Waals surface area contributed by atoms with Gasteiger partial charge >= 0.3 is 0 Å². The molecule has 0 aliphatic heterocycles. The SMILES string of the molecule is CCNC(CN(C)C)c1cccnc1. The summed E-state index contributed by atoms with van der Waals surface area (Å²) in [6.45, 7) is 4.10. The first kappa shape index (κ1) is 11.1. The summed E-state index contributed by atoms with van der Waals surface area (Å²) in [5.74, 6) is 0. The Bertz CT molecular complexity index is 246. The van der Waals surface area contributed by atoms with Gasteiger partial charge in [0, 0.05) is 25.0 Å². The van der Waals surface area contributed by atoms with E-state index in [1.165, 1.54) is 5.56 Å². The number of aromatic nitrogens is 1. The van der Waals surface area contributed by atoms with Gasteiger partial charge in [-0.2, -0.15) is 0 Å². The molecule has 78 valence electrons. The number of hydrogen-bond donors (Lipinski definition) is 1. The molecule has 0 bridgehead atoms. The van der Waals surface area contributed by atoms with Crippen LogP contribution in [0.15, 0.2) is 24.5 Å². The van der Waals surface area contributed by atoms with Crippen molar-refractivity contribution in [2.24, 2.45) is 0 Å². The lowest BCUT2D eigenvalue weighted by Gasteiger charge is -2.21. The number of rotatable bonds is 5. The van der Waals surface area contributed by atoms with Gasteiger partial charge in [-0.1, -0.05) is 13.0 Å². The van der Waals surface area contributed by atoms with Crippen LogP contribution in [-0.4, -0.2) is 37.1 Å². The van der Waals surface area contributed by atoms with Crippen LogP contribution < -0.4 is 5.32 Å². The Morgan fingerprint density at radius 3 is 2.79 bits per heavy atom. The maximum atomic E-state index is 4.14. The zero-order chi connectivity index (χ0) is 10.4. The number of likely N-dealkylation sites (N-methyl/N-ethyl adjacent to an activating group) is 2. The van der Waals surface area contributed by atoms with E-state index in [4.69, 9.17) is 0 Å². The molecule has 1 heterocycles. The van der Waals surface area contributed by atoms with Crippen molar-refractivity contribution in [3.63, 3.8) is 0 Å². The summed E-state index contributed by atoms with van der Waals surface area (Å²) < 4.78 is 0. The van der Waals surface area contributed by atoms with Crippen LogP contribution in [0.2, 0.25) is 0 Å². The minimum Gasteiger partial charge on any atom is -0.309 e. The Balaban J connectivity index is 2.67. The van der Waals surface area contributed by atoms with E-state index in [9.17, 15) is 0 Å². The highest BCUT2D eigenvalue weighted by Gasteiger charge is 2.10. The van der Waals surface area contributed by atoms with E-state index < -0.39 is 0 Å². The second kappa shape index (κ2) is 5.73. The van der Waals surface area contributed by atoms with Crippen molar-refractivity contribution >= 4 is 0 Å². The summed E-state index contributed by atoms with van der Waals surface area (Å²) >= 11 is 0. The zero-order valence-corrected chi connectivity index (χ0v) is 9.20. The smallest absolute Gasteiger partial charge is 0.0464 e. The lowest BCUT2D eigenvalue weighted by atomic mass is 10.1. The minimum atomic E-state index is 0.378. The highest BCUT2D eigenvalue weighted by molar-refractivity contribution is 5.14. The fourth-order valence-corrected chi connectivity index (χ4v) is 1.48. The largest absolute Gasteiger partial charge is 0.309 e. The number of nitrogens with one attached hydrogen (secondary N) is 1. The molecule has 0 spiro atoms. The first-order chi connectivity index (χ1) is 6.74. The molecule has 3 heteroatoms. The van der Waals surface area contributed by atoms with E-state index in [0.29, 0.717) is 6.04 Å². The average molecular weight is 193 g/mol. The van der Waals surface area contributed by atoms with Gasteiger partial charge in [0.05, 0.1) is 0 Å². The Morgan fingerprint density at radius 1 is 1.50 bits per heavy atom. The quantitative estimate of drug-likeness (QED) is 0.764. The molecule has 1 N–H and O–H groups in total. The summed E-state index contributed by atoms with van der Waals surface area (Å²) in [6.07, 6.45) is 3.74. The zero-order valence-electron chi connectivity index (χ0n) is 9.20. The van der Waals surface area contributed by atoms with Crippen LogP contribution in [0.4, 0.5) is 0 Å². The summed E-state index contributed by atoms with van der Waals surface area (Å²) in [7, 11) is 4.17. The van der Waals surface area contributed by atoms with Crippen molar-refractivity contribution in [1.29, 1.82) is 0 Å². The van der Waals surface area contributed by atoms with E-state index in [2.05, 4.69) is 42.3 Å². The molecular weight excluding hydrogens is 174 g/mol. The minimum absolute atomic E-state index is 0.378.